The Morgan fingerprint density at radius 1 is 0.973 bits per heavy atom. The Kier molecular flexibility index (Phi) is 7.11. The van der Waals surface area contributed by atoms with E-state index in [1.54, 1.807) is 35.2 Å². The molecule has 1 heterocycles. The largest absolute Gasteiger partial charge is 0.507 e. The van der Waals surface area contributed by atoms with Crippen LogP contribution in [0.5, 0.6) is 0 Å². The highest BCUT2D eigenvalue weighted by molar-refractivity contribution is 6.33. The zero-order chi connectivity index (χ0) is 26.1. The van der Waals surface area contributed by atoms with Gasteiger partial charge < -0.3 is 20.4 Å². The summed E-state index contributed by atoms with van der Waals surface area (Å²) in [5, 5.41) is 28.8. The lowest BCUT2D eigenvalue weighted by molar-refractivity contribution is -0.116. The molecule has 0 saturated carbocycles. The number of carbonyl (C=O) groups excluding carboxylic acids is 1. The molecule has 1 aliphatic heterocycles. The number of Topliss-reactive ketones (excluding diaryl/α,β-unsaturated/α-hetero) is 1. The summed E-state index contributed by atoms with van der Waals surface area (Å²) < 4.78 is 0. The molecule has 5 rings (SSSR count). The number of hydrogen-bond donors (Lipinski definition) is 3. The summed E-state index contributed by atoms with van der Waals surface area (Å²) in [6.45, 7) is 2.30. The second-order valence-electron chi connectivity index (χ2n) is 8.96. The summed E-state index contributed by atoms with van der Waals surface area (Å²) in [5.74, 6) is -0.676. The smallest absolute Gasteiger partial charge is 0.169 e. The van der Waals surface area contributed by atoms with E-state index in [1.807, 2.05) is 61.5 Å². The molecule has 7 heteroatoms. The van der Waals surface area contributed by atoms with Crippen LogP contribution in [-0.4, -0.2) is 28.8 Å². The average molecular weight is 533 g/mol. The fourth-order valence-electron chi connectivity index (χ4n) is 4.93. The van der Waals surface area contributed by atoms with Crippen molar-refractivity contribution < 1.29 is 15.0 Å². The minimum absolute atomic E-state index is 0.0152. The summed E-state index contributed by atoms with van der Waals surface area (Å²) in [4.78, 5) is 15.4. The van der Waals surface area contributed by atoms with Crippen molar-refractivity contribution in [3.63, 3.8) is 0 Å². The summed E-state index contributed by atoms with van der Waals surface area (Å²) in [6.07, 6.45) is -1.31. The Morgan fingerprint density at radius 3 is 2.43 bits per heavy atom. The number of likely N-dealkylation sites (N-methyl/N-ethyl adjacent to an activating group) is 1. The van der Waals surface area contributed by atoms with Crippen molar-refractivity contribution in [1.82, 2.24) is 0 Å². The Balaban J connectivity index is 1.55. The van der Waals surface area contributed by atoms with Crippen molar-refractivity contribution in [3.05, 3.63) is 112 Å². The van der Waals surface area contributed by atoms with Crippen molar-refractivity contribution in [2.24, 2.45) is 0 Å². The van der Waals surface area contributed by atoms with Crippen LogP contribution in [0.2, 0.25) is 10.0 Å². The van der Waals surface area contributed by atoms with Gasteiger partial charge in [0.2, 0.25) is 0 Å². The number of aliphatic hydroxyl groups excluding tert-OH is 2. The molecule has 0 saturated heterocycles. The highest BCUT2D eigenvalue weighted by Crippen LogP contribution is 2.41. The monoisotopic (exact) mass is 532 g/mol. The summed E-state index contributed by atoms with van der Waals surface area (Å²) in [6, 6.07) is 26.0. The van der Waals surface area contributed by atoms with Crippen molar-refractivity contribution in [2.75, 3.05) is 16.8 Å². The standard InChI is InChI=1S/C30H26Cl2N2O3/c1-2-34-25-12-6-10-22(32)27(25)29(36)28(30(34)37)26(35)17-24(19-13-15-20(31)16-14-19)33-23-11-5-8-18-7-3-4-9-21(18)23/h3-16,24,30,33,36-37H,2,17H2,1H3. The molecule has 4 aromatic carbocycles. The molecule has 0 amide bonds. The SMILES string of the molecule is CCN1c2cccc(Cl)c2C(O)=C(C(=O)CC(Nc2cccc3ccccc23)c2ccc(Cl)cc2)C1O. The van der Waals surface area contributed by atoms with Gasteiger partial charge in [-0.3, -0.25) is 4.79 Å². The lowest BCUT2D eigenvalue weighted by atomic mass is 9.91. The number of carbonyl (C=O) groups is 1. The van der Waals surface area contributed by atoms with E-state index in [-0.39, 0.29) is 23.5 Å². The van der Waals surface area contributed by atoms with Crippen molar-refractivity contribution in [3.8, 4) is 0 Å². The zero-order valence-corrected chi connectivity index (χ0v) is 21.7. The van der Waals surface area contributed by atoms with Gasteiger partial charge in [0.25, 0.3) is 0 Å². The first kappa shape index (κ1) is 25.2. The molecule has 0 aromatic heterocycles. The molecule has 188 valence electrons. The third-order valence-electron chi connectivity index (χ3n) is 6.77. The van der Waals surface area contributed by atoms with E-state index in [2.05, 4.69) is 5.32 Å². The van der Waals surface area contributed by atoms with Gasteiger partial charge in [-0.2, -0.15) is 0 Å². The second kappa shape index (κ2) is 10.5. The van der Waals surface area contributed by atoms with Gasteiger partial charge in [-0.25, -0.2) is 0 Å². The number of halogens is 2. The normalized spacial score (nSPS) is 16.0. The van der Waals surface area contributed by atoms with Crippen LogP contribution in [-0.2, 0) is 4.79 Å². The van der Waals surface area contributed by atoms with Gasteiger partial charge >= 0.3 is 0 Å². The van der Waals surface area contributed by atoms with Crippen LogP contribution >= 0.6 is 23.2 Å². The van der Waals surface area contributed by atoms with Crippen molar-refractivity contribution >= 4 is 56.9 Å². The van der Waals surface area contributed by atoms with Gasteiger partial charge in [0.15, 0.2) is 12.0 Å². The molecule has 0 fully saturated rings. The number of rotatable bonds is 7. The highest BCUT2D eigenvalue weighted by Gasteiger charge is 2.37. The summed E-state index contributed by atoms with van der Waals surface area (Å²) in [5.41, 5.74) is 2.59. The zero-order valence-electron chi connectivity index (χ0n) is 20.2. The third kappa shape index (κ3) is 4.78. The predicted octanol–water partition coefficient (Wildman–Crippen LogP) is 7.39. The quantitative estimate of drug-likeness (QED) is 0.231. The first-order valence-corrected chi connectivity index (χ1v) is 12.8. The fourth-order valence-corrected chi connectivity index (χ4v) is 5.32. The van der Waals surface area contributed by atoms with Crippen LogP contribution in [0.3, 0.4) is 0 Å². The lowest BCUT2D eigenvalue weighted by Crippen LogP contribution is -2.42. The lowest BCUT2D eigenvalue weighted by Gasteiger charge is -2.36. The van der Waals surface area contributed by atoms with Crippen LogP contribution in [0, 0.1) is 0 Å². The minimum atomic E-state index is -1.30. The Labute approximate surface area is 225 Å². The molecule has 3 N–H and O–H groups in total. The number of benzene rings is 4. The summed E-state index contributed by atoms with van der Waals surface area (Å²) in [7, 11) is 0. The molecule has 0 spiro atoms. The van der Waals surface area contributed by atoms with Gasteiger partial charge in [-0.15, -0.1) is 0 Å². The van der Waals surface area contributed by atoms with Gasteiger partial charge in [-0.1, -0.05) is 77.8 Å². The van der Waals surface area contributed by atoms with Gasteiger partial charge in [0, 0.05) is 29.1 Å². The van der Waals surface area contributed by atoms with Crippen LogP contribution < -0.4 is 10.2 Å². The predicted molar refractivity (Wildman–Crippen MR) is 151 cm³/mol. The van der Waals surface area contributed by atoms with E-state index >= 15 is 0 Å². The third-order valence-corrected chi connectivity index (χ3v) is 7.34. The van der Waals surface area contributed by atoms with Gasteiger partial charge in [0.1, 0.15) is 5.76 Å². The van der Waals surface area contributed by atoms with E-state index in [9.17, 15) is 15.0 Å². The van der Waals surface area contributed by atoms with Crippen molar-refractivity contribution in [2.45, 2.75) is 25.6 Å². The maximum Gasteiger partial charge on any atom is 0.169 e. The number of fused-ring (bicyclic) bond motifs is 2. The molecule has 0 bridgehead atoms. The van der Waals surface area contributed by atoms with Crippen molar-refractivity contribution in [1.29, 1.82) is 0 Å². The highest BCUT2D eigenvalue weighted by atomic mass is 35.5. The Bertz CT molecular complexity index is 1500. The molecule has 0 radical (unpaired) electrons. The Morgan fingerprint density at radius 2 is 1.68 bits per heavy atom. The van der Waals surface area contributed by atoms with E-state index < -0.39 is 12.3 Å². The fraction of sp³-hybridized carbons (Fsp3) is 0.167. The van der Waals surface area contributed by atoms with Crippen LogP contribution in [0.1, 0.15) is 30.5 Å². The number of aliphatic hydroxyl groups is 2. The molecule has 0 aliphatic carbocycles. The molecule has 4 aromatic rings. The molecule has 2 unspecified atom stereocenters. The Hall–Kier alpha value is -3.51. The summed E-state index contributed by atoms with van der Waals surface area (Å²) >= 11 is 12.6. The molecular weight excluding hydrogens is 507 g/mol. The molecule has 1 aliphatic rings. The maximum atomic E-state index is 13.8. The number of anilines is 2. The van der Waals surface area contributed by atoms with Gasteiger partial charge in [-0.05, 0) is 48.2 Å². The minimum Gasteiger partial charge on any atom is -0.507 e. The maximum absolute atomic E-state index is 13.8. The van der Waals surface area contributed by atoms with Crippen LogP contribution in [0.4, 0.5) is 11.4 Å². The van der Waals surface area contributed by atoms with E-state index in [0.717, 1.165) is 22.0 Å². The molecule has 2 atom stereocenters. The number of ketones is 1. The number of nitrogens with zero attached hydrogens (tertiary/aromatic N) is 1. The van der Waals surface area contributed by atoms with E-state index in [4.69, 9.17) is 23.2 Å². The van der Waals surface area contributed by atoms with E-state index in [1.165, 1.54) is 0 Å². The molecule has 5 nitrogen and oxygen atoms in total. The second-order valence-corrected chi connectivity index (χ2v) is 9.80. The molecule has 37 heavy (non-hydrogen) atoms. The van der Waals surface area contributed by atoms with Crippen LogP contribution in [0.25, 0.3) is 16.5 Å². The van der Waals surface area contributed by atoms with E-state index in [0.29, 0.717) is 27.8 Å². The topological polar surface area (TPSA) is 72.8 Å². The number of hydrogen-bond acceptors (Lipinski definition) is 5. The number of nitrogens with one attached hydrogen (secondary N) is 1. The van der Waals surface area contributed by atoms with Crippen LogP contribution in [0.15, 0.2) is 90.5 Å². The van der Waals surface area contributed by atoms with Gasteiger partial charge in [0.05, 0.1) is 27.9 Å². The first-order valence-electron chi connectivity index (χ1n) is 12.1. The average Bonchev–Trinajstić information content (AvgIpc) is 2.89. The first-order chi connectivity index (χ1) is 17.9. The molecular formula is C30H26Cl2N2O3.